The van der Waals surface area contributed by atoms with Crippen molar-refractivity contribution in [3.63, 3.8) is 0 Å². The zero-order valence-corrected chi connectivity index (χ0v) is 17.1. The van der Waals surface area contributed by atoms with Gasteiger partial charge in [-0.05, 0) is 49.9 Å². The number of hydrogen-bond acceptors (Lipinski definition) is 4. The number of halogens is 2. The molecule has 1 aliphatic carbocycles. The molecule has 2 aliphatic rings. The number of carbonyl (C=O) groups excluding carboxylic acids is 1. The first-order chi connectivity index (χ1) is 11.7. The van der Waals surface area contributed by atoms with E-state index in [-0.39, 0.29) is 30.7 Å². The molecule has 1 amide bonds. The van der Waals surface area contributed by atoms with Crippen LogP contribution in [0.5, 0.6) is 5.75 Å². The molecular formula is C19H31Cl2N3O2. The minimum atomic E-state index is 0. The van der Waals surface area contributed by atoms with E-state index in [0.717, 1.165) is 50.9 Å². The summed E-state index contributed by atoms with van der Waals surface area (Å²) in [5.41, 5.74) is 1.30. The standard InChI is InChI=1S/C19H29N3O2.2ClH/c1-2-24-18-7-5-17(6-8-18)15-21-9-11-22(12-10-21)19(23)14-20-13-16-3-4-16;;/h5-8,16,20H,2-4,9-15H2,1H3;2*1H. The molecule has 0 unspecified atom stereocenters. The van der Waals surface area contributed by atoms with E-state index in [1.165, 1.54) is 18.4 Å². The summed E-state index contributed by atoms with van der Waals surface area (Å²) in [4.78, 5) is 16.6. The van der Waals surface area contributed by atoms with E-state index in [1.807, 2.05) is 24.0 Å². The predicted octanol–water partition coefficient (Wildman–Crippen LogP) is 2.57. The smallest absolute Gasteiger partial charge is 0.236 e. The van der Waals surface area contributed by atoms with E-state index in [4.69, 9.17) is 4.74 Å². The van der Waals surface area contributed by atoms with Gasteiger partial charge in [-0.1, -0.05) is 12.1 Å². The maximum absolute atomic E-state index is 12.2. The quantitative estimate of drug-likeness (QED) is 0.724. The number of benzene rings is 1. The molecule has 1 N–H and O–H groups in total. The highest BCUT2D eigenvalue weighted by molar-refractivity contribution is 5.85. The van der Waals surface area contributed by atoms with Crippen molar-refractivity contribution in [3.8, 4) is 5.75 Å². The molecule has 1 aliphatic heterocycles. The Kier molecular flexibility index (Phi) is 10.3. The van der Waals surface area contributed by atoms with Gasteiger partial charge in [0.25, 0.3) is 0 Å². The third-order valence-electron chi connectivity index (χ3n) is 4.77. The molecule has 0 radical (unpaired) electrons. The molecule has 26 heavy (non-hydrogen) atoms. The molecule has 3 rings (SSSR count). The van der Waals surface area contributed by atoms with Crippen LogP contribution in [0.4, 0.5) is 0 Å². The van der Waals surface area contributed by atoms with E-state index < -0.39 is 0 Å². The fourth-order valence-electron chi connectivity index (χ4n) is 3.09. The number of rotatable bonds is 8. The summed E-state index contributed by atoms with van der Waals surface area (Å²) in [7, 11) is 0. The Labute approximate surface area is 169 Å². The van der Waals surface area contributed by atoms with E-state index in [2.05, 4.69) is 22.3 Å². The molecule has 1 heterocycles. The predicted molar refractivity (Wildman–Crippen MR) is 110 cm³/mol. The third kappa shape index (κ3) is 7.31. The van der Waals surface area contributed by atoms with Crippen molar-refractivity contribution in [2.24, 2.45) is 5.92 Å². The molecule has 1 aromatic rings. The van der Waals surface area contributed by atoms with Crippen LogP contribution in [0.1, 0.15) is 25.3 Å². The van der Waals surface area contributed by atoms with Crippen molar-refractivity contribution in [2.45, 2.75) is 26.3 Å². The molecule has 0 atom stereocenters. The lowest BCUT2D eigenvalue weighted by Crippen LogP contribution is -2.50. The first kappa shape index (κ1) is 23.0. The van der Waals surface area contributed by atoms with Crippen molar-refractivity contribution >= 4 is 30.7 Å². The number of hydrogen-bond donors (Lipinski definition) is 1. The van der Waals surface area contributed by atoms with Gasteiger partial charge < -0.3 is 15.0 Å². The van der Waals surface area contributed by atoms with Gasteiger partial charge in [0.15, 0.2) is 0 Å². The molecule has 1 saturated carbocycles. The number of nitrogens with one attached hydrogen (secondary N) is 1. The van der Waals surface area contributed by atoms with Gasteiger partial charge >= 0.3 is 0 Å². The molecule has 1 saturated heterocycles. The highest BCUT2D eigenvalue weighted by atomic mass is 35.5. The number of carbonyl (C=O) groups is 1. The van der Waals surface area contributed by atoms with Crippen molar-refractivity contribution in [1.82, 2.24) is 15.1 Å². The van der Waals surface area contributed by atoms with Gasteiger partial charge in [-0.15, -0.1) is 24.8 Å². The SMILES string of the molecule is CCOc1ccc(CN2CCN(C(=O)CNCC3CC3)CC2)cc1.Cl.Cl. The summed E-state index contributed by atoms with van der Waals surface area (Å²) in [6.45, 7) is 8.69. The van der Waals surface area contributed by atoms with Crippen LogP contribution in [0.25, 0.3) is 0 Å². The fourth-order valence-corrected chi connectivity index (χ4v) is 3.09. The number of nitrogens with zero attached hydrogens (tertiary/aromatic N) is 2. The summed E-state index contributed by atoms with van der Waals surface area (Å²) >= 11 is 0. The van der Waals surface area contributed by atoms with Gasteiger partial charge in [-0.2, -0.15) is 0 Å². The Hall–Kier alpha value is -1.01. The minimum Gasteiger partial charge on any atom is -0.494 e. The molecule has 148 valence electrons. The highest BCUT2D eigenvalue weighted by Crippen LogP contribution is 2.27. The molecule has 0 aromatic heterocycles. The lowest BCUT2D eigenvalue weighted by atomic mass is 10.2. The van der Waals surface area contributed by atoms with Crippen LogP contribution in [-0.2, 0) is 11.3 Å². The van der Waals surface area contributed by atoms with Crippen molar-refractivity contribution in [2.75, 3.05) is 45.9 Å². The molecule has 7 heteroatoms. The van der Waals surface area contributed by atoms with Crippen LogP contribution in [0.3, 0.4) is 0 Å². The Bertz CT molecular complexity index is 530. The summed E-state index contributed by atoms with van der Waals surface area (Å²) in [6.07, 6.45) is 2.65. The first-order valence-electron chi connectivity index (χ1n) is 9.17. The average Bonchev–Trinajstić information content (AvgIpc) is 3.42. The lowest BCUT2D eigenvalue weighted by molar-refractivity contribution is -0.132. The molecular weight excluding hydrogens is 373 g/mol. The Morgan fingerprint density at radius 2 is 1.77 bits per heavy atom. The van der Waals surface area contributed by atoms with Crippen LogP contribution in [0.15, 0.2) is 24.3 Å². The van der Waals surface area contributed by atoms with Crippen LogP contribution < -0.4 is 10.1 Å². The summed E-state index contributed by atoms with van der Waals surface area (Å²) < 4.78 is 5.48. The number of amides is 1. The third-order valence-corrected chi connectivity index (χ3v) is 4.77. The van der Waals surface area contributed by atoms with Gasteiger partial charge in [0.1, 0.15) is 5.75 Å². The van der Waals surface area contributed by atoms with Gasteiger partial charge in [-0.25, -0.2) is 0 Å². The zero-order valence-electron chi connectivity index (χ0n) is 15.5. The van der Waals surface area contributed by atoms with Gasteiger partial charge in [0.05, 0.1) is 13.2 Å². The average molecular weight is 404 g/mol. The van der Waals surface area contributed by atoms with Crippen molar-refractivity contribution < 1.29 is 9.53 Å². The highest BCUT2D eigenvalue weighted by Gasteiger charge is 2.23. The van der Waals surface area contributed by atoms with Crippen LogP contribution in [-0.4, -0.2) is 61.6 Å². The van der Waals surface area contributed by atoms with Gasteiger partial charge in [0.2, 0.25) is 5.91 Å². The van der Waals surface area contributed by atoms with Crippen molar-refractivity contribution in [1.29, 1.82) is 0 Å². The second-order valence-corrected chi connectivity index (χ2v) is 6.81. The molecule has 2 fully saturated rings. The summed E-state index contributed by atoms with van der Waals surface area (Å²) in [5, 5.41) is 3.29. The topological polar surface area (TPSA) is 44.8 Å². The fraction of sp³-hybridized carbons (Fsp3) is 0.632. The van der Waals surface area contributed by atoms with Gasteiger partial charge in [-0.3, -0.25) is 9.69 Å². The lowest BCUT2D eigenvalue weighted by Gasteiger charge is -2.34. The molecule has 0 bridgehead atoms. The second kappa shape index (κ2) is 11.7. The molecule has 1 aromatic carbocycles. The van der Waals surface area contributed by atoms with Crippen LogP contribution >= 0.6 is 24.8 Å². The van der Waals surface area contributed by atoms with Crippen molar-refractivity contribution in [3.05, 3.63) is 29.8 Å². The molecule has 0 spiro atoms. The maximum atomic E-state index is 12.2. The normalized spacial score (nSPS) is 17.2. The number of ether oxygens (including phenoxy) is 1. The first-order valence-corrected chi connectivity index (χ1v) is 9.17. The second-order valence-electron chi connectivity index (χ2n) is 6.81. The Morgan fingerprint density at radius 3 is 2.35 bits per heavy atom. The Balaban J connectivity index is 0.00000169. The van der Waals surface area contributed by atoms with E-state index in [9.17, 15) is 4.79 Å². The maximum Gasteiger partial charge on any atom is 0.236 e. The summed E-state index contributed by atoms with van der Waals surface area (Å²) in [5.74, 6) is 2.00. The minimum absolute atomic E-state index is 0. The van der Waals surface area contributed by atoms with Crippen LogP contribution in [0.2, 0.25) is 0 Å². The number of piperazine rings is 1. The van der Waals surface area contributed by atoms with E-state index >= 15 is 0 Å². The largest absolute Gasteiger partial charge is 0.494 e. The molecule has 5 nitrogen and oxygen atoms in total. The monoisotopic (exact) mass is 403 g/mol. The van der Waals surface area contributed by atoms with E-state index in [0.29, 0.717) is 13.2 Å². The summed E-state index contributed by atoms with van der Waals surface area (Å²) in [6, 6.07) is 8.32. The van der Waals surface area contributed by atoms with E-state index in [1.54, 1.807) is 0 Å². The van der Waals surface area contributed by atoms with Crippen LogP contribution in [0, 0.1) is 5.92 Å². The van der Waals surface area contributed by atoms with Gasteiger partial charge in [0, 0.05) is 32.7 Å². The zero-order chi connectivity index (χ0) is 16.8. The Morgan fingerprint density at radius 1 is 1.12 bits per heavy atom.